The number of hydrogen-bond donors (Lipinski definition) is 5. The van der Waals surface area contributed by atoms with Crippen molar-refractivity contribution in [3.63, 3.8) is 0 Å². The van der Waals surface area contributed by atoms with E-state index in [0.717, 1.165) is 5.56 Å². The van der Waals surface area contributed by atoms with Crippen LogP contribution in [0.15, 0.2) is 30.3 Å². The fourth-order valence-corrected chi connectivity index (χ4v) is 4.43. The minimum Gasteiger partial charge on any atom is -0.508 e. The quantitative estimate of drug-likeness (QED) is 0.439. The smallest absolute Gasteiger partial charge is 0.229 e. The van der Waals surface area contributed by atoms with Crippen LogP contribution in [0.3, 0.4) is 0 Å². The summed E-state index contributed by atoms with van der Waals surface area (Å²) in [6.07, 6.45) is -7.57. The normalized spacial score (nSPS) is 32.7. The van der Waals surface area contributed by atoms with Gasteiger partial charge in [0.05, 0.1) is 26.2 Å². The van der Waals surface area contributed by atoms with Gasteiger partial charge in [-0.15, -0.1) is 0 Å². The number of aliphatic hydroxyl groups is 4. The van der Waals surface area contributed by atoms with Crippen LogP contribution in [0.1, 0.15) is 23.1 Å². The summed E-state index contributed by atoms with van der Waals surface area (Å²) in [4.78, 5) is 0. The van der Waals surface area contributed by atoms with Gasteiger partial charge < -0.3 is 49.2 Å². The van der Waals surface area contributed by atoms with Crippen molar-refractivity contribution >= 4 is 0 Å². The molecule has 10 nitrogen and oxygen atoms in total. The van der Waals surface area contributed by atoms with Gasteiger partial charge in [0.1, 0.15) is 42.0 Å². The van der Waals surface area contributed by atoms with Crippen LogP contribution in [0.5, 0.6) is 28.7 Å². The van der Waals surface area contributed by atoms with E-state index in [-0.39, 0.29) is 24.0 Å². The number of aliphatic hydroxyl groups excluding tert-OH is 4. The molecule has 3 heterocycles. The molecule has 0 saturated carbocycles. The lowest BCUT2D eigenvalue weighted by Gasteiger charge is -2.40. The number of phenols is 1. The molecule has 1 saturated heterocycles. The van der Waals surface area contributed by atoms with Gasteiger partial charge in [0.2, 0.25) is 12.0 Å². The molecule has 5 N–H and O–H groups in total. The minimum atomic E-state index is -1.58. The van der Waals surface area contributed by atoms with Gasteiger partial charge >= 0.3 is 0 Å². The van der Waals surface area contributed by atoms with Gasteiger partial charge in [-0.2, -0.15) is 0 Å². The third-order valence-corrected chi connectivity index (χ3v) is 6.14. The van der Waals surface area contributed by atoms with E-state index in [9.17, 15) is 25.5 Å². The van der Waals surface area contributed by atoms with Crippen molar-refractivity contribution in [1.29, 1.82) is 0 Å². The number of phenolic OH excluding ortho intramolecular Hbond substituents is 1. The molecule has 0 radical (unpaired) electrons. The number of ether oxygens (including phenoxy) is 5. The summed E-state index contributed by atoms with van der Waals surface area (Å²) in [5.41, 5.74) is 1.60. The SMILES string of the molecule is COc1ccc2c(c1O[C@@H]1O[C@H](CO)[C@@H](O)[C@H](O)[C@H]1O)OC[C@H]1c3ccc(O)cc3O[C@@H]21. The minimum absolute atomic E-state index is 0.0911. The maximum atomic E-state index is 10.4. The van der Waals surface area contributed by atoms with E-state index in [1.165, 1.54) is 7.11 Å². The Balaban J connectivity index is 1.49. The van der Waals surface area contributed by atoms with E-state index in [0.29, 0.717) is 22.8 Å². The largest absolute Gasteiger partial charge is 0.508 e. The third-order valence-electron chi connectivity index (χ3n) is 6.14. The number of methoxy groups -OCH3 is 1. The lowest BCUT2D eigenvalue weighted by Crippen LogP contribution is -2.60. The predicted molar refractivity (Wildman–Crippen MR) is 107 cm³/mol. The summed E-state index contributed by atoms with van der Waals surface area (Å²) in [6.45, 7) is -0.304. The van der Waals surface area contributed by atoms with Gasteiger partial charge in [-0.1, -0.05) is 6.07 Å². The summed E-state index contributed by atoms with van der Waals surface area (Å²) in [5.74, 6) is 1.35. The molecule has 0 aromatic heterocycles. The Labute approximate surface area is 183 Å². The van der Waals surface area contributed by atoms with E-state index < -0.39 is 43.4 Å². The highest BCUT2D eigenvalue weighted by Gasteiger charge is 2.47. The number of benzene rings is 2. The van der Waals surface area contributed by atoms with Crippen LogP contribution in [0.25, 0.3) is 0 Å². The summed E-state index contributed by atoms with van der Waals surface area (Å²) < 4.78 is 28.9. The summed E-state index contributed by atoms with van der Waals surface area (Å²) in [6, 6.07) is 8.41. The number of hydrogen-bond acceptors (Lipinski definition) is 10. The fraction of sp³-hybridized carbons (Fsp3) is 0.455. The van der Waals surface area contributed by atoms with Crippen molar-refractivity contribution < 1.29 is 49.2 Å². The molecule has 0 bridgehead atoms. The molecule has 172 valence electrons. The first-order valence-electron chi connectivity index (χ1n) is 10.2. The number of aromatic hydroxyl groups is 1. The molecule has 0 spiro atoms. The Kier molecular flexibility index (Phi) is 5.26. The monoisotopic (exact) mass is 448 g/mol. The van der Waals surface area contributed by atoms with Crippen LogP contribution in [0.2, 0.25) is 0 Å². The second-order valence-electron chi connectivity index (χ2n) is 8.01. The molecule has 2 aromatic rings. The van der Waals surface area contributed by atoms with Crippen LogP contribution in [-0.2, 0) is 4.74 Å². The highest BCUT2D eigenvalue weighted by molar-refractivity contribution is 5.60. The van der Waals surface area contributed by atoms with Crippen molar-refractivity contribution in [2.75, 3.05) is 20.3 Å². The fourth-order valence-electron chi connectivity index (χ4n) is 4.43. The molecule has 7 atom stereocenters. The molecule has 10 heteroatoms. The molecule has 0 aliphatic carbocycles. The number of rotatable bonds is 4. The standard InChI is InChI=1S/C22H24O10/c1-28-13-5-4-11-19-12(10-3-2-9(24)6-14(10)30-19)8-29-20(11)21(13)32-22-18(27)17(26)16(25)15(7-23)31-22/h2-6,12,15-19,22-27H,7-8H2,1H3/t12-,15+,16+,17-,18+,19-,22-/m0/s1. The molecule has 3 aliphatic rings. The van der Waals surface area contributed by atoms with E-state index >= 15 is 0 Å². The first kappa shape index (κ1) is 21.1. The molecule has 3 aliphatic heterocycles. The van der Waals surface area contributed by atoms with Gasteiger partial charge in [0.15, 0.2) is 11.5 Å². The molecular formula is C22H24O10. The van der Waals surface area contributed by atoms with Crippen LogP contribution in [0, 0.1) is 0 Å². The first-order chi connectivity index (χ1) is 15.4. The molecule has 5 rings (SSSR count). The Hall–Kier alpha value is -2.76. The Morgan fingerprint density at radius 1 is 1.03 bits per heavy atom. The van der Waals surface area contributed by atoms with Crippen LogP contribution in [-0.4, -0.2) is 76.6 Å². The van der Waals surface area contributed by atoms with Gasteiger partial charge in [-0.25, -0.2) is 0 Å². The zero-order valence-electron chi connectivity index (χ0n) is 17.1. The predicted octanol–water partition coefficient (Wildman–Crippen LogP) is 0.189. The van der Waals surface area contributed by atoms with Gasteiger partial charge in [0, 0.05) is 17.2 Å². The zero-order chi connectivity index (χ0) is 22.6. The topological polar surface area (TPSA) is 147 Å². The van der Waals surface area contributed by atoms with Crippen LogP contribution >= 0.6 is 0 Å². The second kappa shape index (κ2) is 7.98. The molecule has 1 fully saturated rings. The van der Waals surface area contributed by atoms with Crippen LogP contribution < -0.4 is 18.9 Å². The van der Waals surface area contributed by atoms with Crippen molar-refractivity contribution in [3.8, 4) is 28.7 Å². The van der Waals surface area contributed by atoms with Crippen LogP contribution in [0.4, 0.5) is 0 Å². The Bertz CT molecular complexity index is 1010. The summed E-state index contributed by atoms with van der Waals surface area (Å²) in [5, 5.41) is 49.7. The van der Waals surface area contributed by atoms with Crippen molar-refractivity contribution in [2.45, 2.75) is 42.7 Å². The van der Waals surface area contributed by atoms with E-state index in [2.05, 4.69) is 0 Å². The summed E-state index contributed by atoms with van der Waals surface area (Å²) in [7, 11) is 1.44. The number of fused-ring (bicyclic) bond motifs is 5. The highest BCUT2D eigenvalue weighted by atomic mass is 16.7. The first-order valence-corrected chi connectivity index (χ1v) is 10.2. The average Bonchev–Trinajstić information content (AvgIpc) is 3.17. The highest BCUT2D eigenvalue weighted by Crippen LogP contribution is 2.55. The Morgan fingerprint density at radius 2 is 1.81 bits per heavy atom. The van der Waals surface area contributed by atoms with E-state index in [1.54, 1.807) is 30.3 Å². The molecule has 32 heavy (non-hydrogen) atoms. The van der Waals surface area contributed by atoms with Gasteiger partial charge in [-0.05, 0) is 18.2 Å². The molecule has 0 unspecified atom stereocenters. The average molecular weight is 448 g/mol. The lowest BCUT2D eigenvalue weighted by molar-refractivity contribution is -0.277. The zero-order valence-corrected chi connectivity index (χ0v) is 17.1. The van der Waals surface area contributed by atoms with Crippen molar-refractivity contribution in [1.82, 2.24) is 0 Å². The maximum absolute atomic E-state index is 10.4. The van der Waals surface area contributed by atoms with Gasteiger partial charge in [-0.3, -0.25) is 0 Å². The lowest BCUT2D eigenvalue weighted by atomic mass is 9.89. The second-order valence-corrected chi connectivity index (χ2v) is 8.01. The molecular weight excluding hydrogens is 424 g/mol. The van der Waals surface area contributed by atoms with E-state index in [1.807, 2.05) is 0 Å². The molecule has 2 aromatic carbocycles. The van der Waals surface area contributed by atoms with E-state index in [4.69, 9.17) is 23.7 Å². The third kappa shape index (κ3) is 3.23. The van der Waals surface area contributed by atoms with Crippen molar-refractivity contribution in [2.24, 2.45) is 0 Å². The summed E-state index contributed by atoms with van der Waals surface area (Å²) >= 11 is 0. The molecule has 0 amide bonds. The Morgan fingerprint density at radius 3 is 2.56 bits per heavy atom. The van der Waals surface area contributed by atoms with Crippen molar-refractivity contribution in [3.05, 3.63) is 41.5 Å². The van der Waals surface area contributed by atoms with Gasteiger partial charge in [0.25, 0.3) is 0 Å². The maximum Gasteiger partial charge on any atom is 0.229 e.